The third kappa shape index (κ3) is 324. The van der Waals surface area contributed by atoms with Crippen molar-refractivity contribution in [2.75, 3.05) is 0 Å². The van der Waals surface area contributed by atoms with Crippen LogP contribution in [0.25, 0.3) is 0 Å². The quantitative estimate of drug-likeness (QED) is 0.199. The molecular formula is CH6KO6P. The summed E-state index contributed by atoms with van der Waals surface area (Å²) in [6.45, 7) is -0.250. The van der Waals surface area contributed by atoms with Crippen molar-refractivity contribution in [3.05, 3.63) is 0 Å². The van der Waals surface area contributed by atoms with Crippen molar-refractivity contribution < 1.29 is 29.1 Å². The van der Waals surface area contributed by atoms with Gasteiger partial charge in [-0.3, -0.25) is 4.79 Å². The van der Waals surface area contributed by atoms with Crippen LogP contribution in [0.3, 0.4) is 0 Å². The standard InChI is InChI=1S/CH2O2.K.H3O4P.H/c2-1-3;;1-5(2,3)4;/h1H,(H,2,3);;(H3,1,2,3,4);. The molecular weight excluding hydrogens is 178 g/mol. The molecule has 0 unspecified atom stereocenters. The first-order valence-corrected chi connectivity index (χ1v) is 2.84. The fraction of sp³-hybridized carbons (Fsp3) is 0. The van der Waals surface area contributed by atoms with Gasteiger partial charge in [0, 0.05) is 0 Å². The molecule has 0 aliphatic rings. The second-order valence-corrected chi connectivity index (χ2v) is 1.65. The molecule has 0 atom stereocenters. The fourth-order valence-corrected chi connectivity index (χ4v) is 0. The van der Waals surface area contributed by atoms with Gasteiger partial charge in [0.05, 0.1) is 0 Å². The first-order valence-electron chi connectivity index (χ1n) is 1.28. The minimum absolute atomic E-state index is 0. The Morgan fingerprint density at radius 3 is 1.22 bits per heavy atom. The molecule has 6 nitrogen and oxygen atoms in total. The molecule has 8 heteroatoms. The van der Waals surface area contributed by atoms with Gasteiger partial charge in [-0.05, 0) is 0 Å². The van der Waals surface area contributed by atoms with Gasteiger partial charge in [-0.25, -0.2) is 4.57 Å². The normalized spacial score (nSPS) is 7.89. The zero-order valence-corrected chi connectivity index (χ0v) is 4.52. The van der Waals surface area contributed by atoms with Crippen LogP contribution in [-0.2, 0) is 9.36 Å². The third-order valence-electron chi connectivity index (χ3n) is 0. The van der Waals surface area contributed by atoms with Crippen LogP contribution < -0.4 is 0 Å². The molecule has 0 aliphatic carbocycles. The molecule has 0 aromatic heterocycles. The Hall–Kier alpha value is 1.22. The number of rotatable bonds is 0. The molecule has 0 aromatic rings. The Labute approximate surface area is 93.6 Å². The first-order chi connectivity index (χ1) is 3.41. The van der Waals surface area contributed by atoms with Crippen LogP contribution in [-0.4, -0.2) is 77.6 Å². The molecule has 52 valence electrons. The van der Waals surface area contributed by atoms with Crippen LogP contribution in [0.4, 0.5) is 0 Å². The Bertz CT molecular complexity index is 87.0. The van der Waals surface area contributed by atoms with Gasteiger partial charge in [-0.15, -0.1) is 0 Å². The molecule has 0 bridgehead atoms. The molecule has 0 fully saturated rings. The number of hydrogen-bond acceptors (Lipinski definition) is 2. The van der Waals surface area contributed by atoms with Gasteiger partial charge in [0.15, 0.2) is 0 Å². The van der Waals surface area contributed by atoms with Crippen molar-refractivity contribution in [3.63, 3.8) is 0 Å². The van der Waals surface area contributed by atoms with Gasteiger partial charge in [-0.1, -0.05) is 0 Å². The van der Waals surface area contributed by atoms with E-state index in [0.29, 0.717) is 0 Å². The molecule has 0 radical (unpaired) electrons. The van der Waals surface area contributed by atoms with Gasteiger partial charge in [0.2, 0.25) is 0 Å². The number of hydrogen-bond donors (Lipinski definition) is 4. The number of carbonyl (C=O) groups is 1. The van der Waals surface area contributed by atoms with Crippen LogP contribution in [0.1, 0.15) is 0 Å². The Balaban J connectivity index is -0.0000000800. The average molecular weight is 184 g/mol. The molecule has 4 N–H and O–H groups in total. The number of carboxylic acid groups (broad SMARTS) is 1. The van der Waals surface area contributed by atoms with Crippen molar-refractivity contribution in [2.45, 2.75) is 0 Å². The molecule has 0 heterocycles. The van der Waals surface area contributed by atoms with E-state index in [4.69, 9.17) is 29.1 Å². The Kier molecular flexibility index (Phi) is 17.1. The zero-order chi connectivity index (χ0) is 7.21. The SMILES string of the molecule is O=CO.O=P(O)(O)O.[KH]. The summed E-state index contributed by atoms with van der Waals surface area (Å²) < 4.78 is 8.88. The monoisotopic (exact) mass is 184 g/mol. The molecule has 9 heavy (non-hydrogen) atoms. The summed E-state index contributed by atoms with van der Waals surface area (Å²) >= 11 is 0. The van der Waals surface area contributed by atoms with Gasteiger partial charge < -0.3 is 19.8 Å². The molecule has 0 saturated heterocycles. The number of phosphoric acid groups is 1. The first kappa shape index (κ1) is 16.7. The fourth-order valence-electron chi connectivity index (χ4n) is 0. The molecule has 0 spiro atoms. The van der Waals surface area contributed by atoms with Crippen molar-refractivity contribution >= 4 is 65.7 Å². The van der Waals surface area contributed by atoms with E-state index in [2.05, 4.69) is 0 Å². The summed E-state index contributed by atoms with van der Waals surface area (Å²) in [4.78, 5) is 29.9. The molecule has 0 amide bonds. The van der Waals surface area contributed by atoms with E-state index in [1.165, 1.54) is 0 Å². The van der Waals surface area contributed by atoms with Gasteiger partial charge in [-0.2, -0.15) is 0 Å². The van der Waals surface area contributed by atoms with Crippen molar-refractivity contribution in [1.29, 1.82) is 0 Å². The summed E-state index contributed by atoms with van der Waals surface area (Å²) in [5.41, 5.74) is 0. The van der Waals surface area contributed by atoms with E-state index in [9.17, 15) is 0 Å². The summed E-state index contributed by atoms with van der Waals surface area (Å²) in [5, 5.41) is 6.89. The van der Waals surface area contributed by atoms with Crippen LogP contribution >= 0.6 is 7.82 Å². The predicted molar refractivity (Wildman–Crippen MR) is 30.1 cm³/mol. The average Bonchev–Trinajstić information content (AvgIpc) is 1.27. The summed E-state index contributed by atoms with van der Waals surface area (Å²) in [7, 11) is -4.64. The second-order valence-electron chi connectivity index (χ2n) is 0.619. The van der Waals surface area contributed by atoms with Crippen LogP contribution in [0.2, 0.25) is 0 Å². The summed E-state index contributed by atoms with van der Waals surface area (Å²) in [5.74, 6) is 0. The van der Waals surface area contributed by atoms with E-state index in [1.807, 2.05) is 0 Å². The topological polar surface area (TPSA) is 115 Å². The van der Waals surface area contributed by atoms with E-state index in [-0.39, 0.29) is 57.9 Å². The summed E-state index contributed by atoms with van der Waals surface area (Å²) in [6.07, 6.45) is 0. The van der Waals surface area contributed by atoms with E-state index in [0.717, 1.165) is 0 Å². The van der Waals surface area contributed by atoms with E-state index < -0.39 is 7.82 Å². The van der Waals surface area contributed by atoms with E-state index >= 15 is 0 Å². The maximum absolute atomic E-state index is 8.88. The van der Waals surface area contributed by atoms with Crippen molar-refractivity contribution in [1.82, 2.24) is 0 Å². The van der Waals surface area contributed by atoms with Gasteiger partial charge in [0.1, 0.15) is 0 Å². The molecule has 0 aliphatic heterocycles. The predicted octanol–water partition coefficient (Wildman–Crippen LogP) is -1.88. The van der Waals surface area contributed by atoms with Gasteiger partial charge >= 0.3 is 59.2 Å². The maximum atomic E-state index is 8.88. The van der Waals surface area contributed by atoms with Crippen LogP contribution in [0.5, 0.6) is 0 Å². The Morgan fingerprint density at radius 2 is 1.22 bits per heavy atom. The van der Waals surface area contributed by atoms with Crippen molar-refractivity contribution in [3.8, 4) is 0 Å². The van der Waals surface area contributed by atoms with E-state index in [1.54, 1.807) is 0 Å². The van der Waals surface area contributed by atoms with Crippen molar-refractivity contribution in [2.24, 2.45) is 0 Å². The van der Waals surface area contributed by atoms with Gasteiger partial charge in [0.25, 0.3) is 6.47 Å². The third-order valence-corrected chi connectivity index (χ3v) is 0. The summed E-state index contributed by atoms with van der Waals surface area (Å²) in [6, 6.07) is 0. The second kappa shape index (κ2) is 9.22. The minimum atomic E-state index is -4.64. The molecule has 0 saturated carbocycles. The van der Waals surface area contributed by atoms with Crippen LogP contribution in [0.15, 0.2) is 0 Å². The van der Waals surface area contributed by atoms with Crippen LogP contribution in [0, 0.1) is 0 Å². The zero-order valence-electron chi connectivity index (χ0n) is 3.63. The molecule has 0 rings (SSSR count). The Morgan fingerprint density at radius 1 is 1.22 bits per heavy atom. The molecule has 0 aromatic carbocycles.